The molecule has 0 aromatic heterocycles. The van der Waals surface area contributed by atoms with Gasteiger partial charge in [0.1, 0.15) is 0 Å². The maximum Gasteiger partial charge on any atom is 0.231 e. The van der Waals surface area contributed by atoms with E-state index in [1.54, 1.807) is 18.2 Å². The molecule has 0 aliphatic carbocycles. The summed E-state index contributed by atoms with van der Waals surface area (Å²) in [5, 5.41) is 2.87. The lowest BCUT2D eigenvalue weighted by Crippen LogP contribution is -2.17. The third kappa shape index (κ3) is 6.47. The van der Waals surface area contributed by atoms with Gasteiger partial charge in [-0.25, -0.2) is 0 Å². The molecule has 0 unspecified atom stereocenters. The average Bonchev–Trinajstić information content (AvgIpc) is 2.51. The Bertz CT molecular complexity index is 505. The Morgan fingerprint density at radius 2 is 1.73 bits per heavy atom. The molecular weight excluding hydrogens is 350 g/mol. The van der Waals surface area contributed by atoms with Crippen LogP contribution in [0, 0.1) is 0 Å². The van der Waals surface area contributed by atoms with Crippen LogP contribution in [0.2, 0.25) is 0 Å². The molecule has 1 aromatic rings. The van der Waals surface area contributed by atoms with E-state index in [4.69, 9.17) is 9.47 Å². The molecule has 0 radical (unpaired) electrons. The van der Waals surface area contributed by atoms with Gasteiger partial charge in [0.25, 0.3) is 0 Å². The molecule has 1 N–H and O–H groups in total. The van der Waals surface area contributed by atoms with Gasteiger partial charge in [-0.2, -0.15) is 0 Å². The summed E-state index contributed by atoms with van der Waals surface area (Å²) in [5.41, 5.74) is 0.585. The van der Waals surface area contributed by atoms with Crippen LogP contribution in [0.4, 0.5) is 5.69 Å². The molecule has 0 atom stereocenters. The predicted octanol–water partition coefficient (Wildman–Crippen LogP) is 3.56. The zero-order valence-electron chi connectivity index (χ0n) is 13.0. The molecule has 0 fully saturated rings. The minimum Gasteiger partial charge on any atom is -0.490 e. The third-order valence-electron chi connectivity index (χ3n) is 2.66. The van der Waals surface area contributed by atoms with Gasteiger partial charge in [-0.1, -0.05) is 29.8 Å². The first-order valence-corrected chi connectivity index (χ1v) is 8.50. The molecule has 0 heterocycles. The van der Waals surface area contributed by atoms with Crippen molar-refractivity contribution in [3.8, 4) is 11.5 Å². The van der Waals surface area contributed by atoms with Gasteiger partial charge in [-0.05, 0) is 25.0 Å². The summed E-state index contributed by atoms with van der Waals surface area (Å²) in [6.07, 6.45) is 1.63. The van der Waals surface area contributed by atoms with Gasteiger partial charge in [-0.3, -0.25) is 9.59 Å². The number of amides is 1. The van der Waals surface area contributed by atoms with E-state index < -0.39 is 0 Å². The Morgan fingerprint density at radius 1 is 1.09 bits per heavy atom. The van der Waals surface area contributed by atoms with Crippen molar-refractivity contribution >= 4 is 33.3 Å². The zero-order valence-corrected chi connectivity index (χ0v) is 14.6. The standard InChI is InChI=1S/C16H22BrNO4/c1-3-7-21-14-6-5-12(9-15(14)22-8-4-2)18-16(20)10-13(19)11-17/h5-6,9H,3-4,7-8,10-11H2,1-2H3,(H,18,20). The van der Waals surface area contributed by atoms with Gasteiger partial charge >= 0.3 is 0 Å². The van der Waals surface area contributed by atoms with Crippen molar-refractivity contribution in [3.05, 3.63) is 18.2 Å². The fourth-order valence-corrected chi connectivity index (χ4v) is 1.87. The number of halogens is 1. The summed E-state index contributed by atoms with van der Waals surface area (Å²) in [7, 11) is 0. The molecule has 1 rings (SSSR count). The van der Waals surface area contributed by atoms with Gasteiger partial charge < -0.3 is 14.8 Å². The Kier molecular flexibility index (Phi) is 8.58. The molecule has 0 bridgehead atoms. The number of ketones is 1. The highest BCUT2D eigenvalue weighted by atomic mass is 79.9. The van der Waals surface area contributed by atoms with Crippen LogP contribution < -0.4 is 14.8 Å². The minimum atomic E-state index is -0.340. The summed E-state index contributed by atoms with van der Waals surface area (Å²) in [5.74, 6) is 0.751. The number of rotatable bonds is 10. The Hall–Kier alpha value is -1.56. The van der Waals surface area contributed by atoms with Crippen LogP contribution in [0.25, 0.3) is 0 Å². The molecule has 0 aliphatic heterocycles. The Balaban J connectivity index is 2.78. The molecule has 22 heavy (non-hydrogen) atoms. The van der Waals surface area contributed by atoms with Crippen LogP contribution in [0.15, 0.2) is 18.2 Å². The van der Waals surface area contributed by atoms with Gasteiger partial charge in [0.05, 0.1) is 25.0 Å². The summed E-state index contributed by atoms with van der Waals surface area (Å²) < 4.78 is 11.3. The van der Waals surface area contributed by atoms with Crippen LogP contribution >= 0.6 is 15.9 Å². The number of hydrogen-bond donors (Lipinski definition) is 1. The van der Waals surface area contributed by atoms with E-state index in [9.17, 15) is 9.59 Å². The summed E-state index contributed by atoms with van der Waals surface area (Å²) >= 11 is 3.04. The van der Waals surface area contributed by atoms with Crippen LogP contribution in [0.5, 0.6) is 11.5 Å². The molecular formula is C16H22BrNO4. The van der Waals surface area contributed by atoms with Crippen molar-refractivity contribution in [3.63, 3.8) is 0 Å². The number of ether oxygens (including phenoxy) is 2. The second-order valence-electron chi connectivity index (χ2n) is 4.76. The summed E-state index contributed by atoms with van der Waals surface area (Å²) in [4.78, 5) is 23.0. The fourth-order valence-electron chi connectivity index (χ4n) is 1.67. The first kappa shape index (κ1) is 18.5. The molecule has 5 nitrogen and oxygen atoms in total. The van der Waals surface area contributed by atoms with E-state index in [1.807, 2.05) is 13.8 Å². The van der Waals surface area contributed by atoms with Crippen molar-refractivity contribution in [2.45, 2.75) is 33.1 Å². The molecule has 122 valence electrons. The maximum atomic E-state index is 11.7. The lowest BCUT2D eigenvalue weighted by Gasteiger charge is -2.14. The largest absolute Gasteiger partial charge is 0.490 e. The fraction of sp³-hybridized carbons (Fsp3) is 0.500. The smallest absolute Gasteiger partial charge is 0.231 e. The molecule has 0 saturated heterocycles. The summed E-state index contributed by atoms with van der Waals surface area (Å²) in [6, 6.07) is 5.22. The van der Waals surface area contributed by atoms with E-state index in [2.05, 4.69) is 21.2 Å². The van der Waals surface area contributed by atoms with Crippen molar-refractivity contribution in [2.75, 3.05) is 23.9 Å². The quantitative estimate of drug-likeness (QED) is 0.504. The number of hydrogen-bond acceptors (Lipinski definition) is 4. The highest BCUT2D eigenvalue weighted by Gasteiger charge is 2.11. The number of nitrogens with one attached hydrogen (secondary N) is 1. The molecule has 1 amide bonds. The topological polar surface area (TPSA) is 64.6 Å². The van der Waals surface area contributed by atoms with E-state index in [-0.39, 0.29) is 23.4 Å². The first-order chi connectivity index (χ1) is 10.6. The zero-order chi connectivity index (χ0) is 16.4. The van der Waals surface area contributed by atoms with Crippen LogP contribution in [-0.2, 0) is 9.59 Å². The van der Waals surface area contributed by atoms with E-state index in [0.29, 0.717) is 30.4 Å². The van der Waals surface area contributed by atoms with Crippen molar-refractivity contribution in [2.24, 2.45) is 0 Å². The van der Waals surface area contributed by atoms with Crippen molar-refractivity contribution in [1.82, 2.24) is 0 Å². The van der Waals surface area contributed by atoms with Crippen molar-refractivity contribution < 1.29 is 19.1 Å². The maximum absolute atomic E-state index is 11.7. The second kappa shape index (κ2) is 10.2. The van der Waals surface area contributed by atoms with Gasteiger partial charge in [0, 0.05) is 11.8 Å². The Morgan fingerprint density at radius 3 is 2.32 bits per heavy atom. The number of benzene rings is 1. The molecule has 0 aliphatic rings. The third-order valence-corrected chi connectivity index (χ3v) is 3.28. The molecule has 6 heteroatoms. The number of carbonyl (C=O) groups excluding carboxylic acids is 2. The SMILES string of the molecule is CCCOc1ccc(NC(=O)CC(=O)CBr)cc1OCCC. The number of Topliss-reactive ketones (excluding diaryl/α,β-unsaturated/α-hetero) is 1. The van der Waals surface area contributed by atoms with Gasteiger partial charge in [-0.15, -0.1) is 0 Å². The molecule has 1 aromatic carbocycles. The Labute approximate surface area is 139 Å². The van der Waals surface area contributed by atoms with Crippen LogP contribution in [0.1, 0.15) is 33.1 Å². The minimum absolute atomic E-state index is 0.148. The lowest BCUT2D eigenvalue weighted by atomic mass is 10.2. The van der Waals surface area contributed by atoms with E-state index >= 15 is 0 Å². The average molecular weight is 372 g/mol. The lowest BCUT2D eigenvalue weighted by molar-refractivity contribution is -0.123. The second-order valence-corrected chi connectivity index (χ2v) is 5.32. The number of anilines is 1. The number of carbonyl (C=O) groups is 2. The van der Waals surface area contributed by atoms with Crippen LogP contribution in [-0.4, -0.2) is 30.2 Å². The first-order valence-electron chi connectivity index (χ1n) is 7.37. The van der Waals surface area contributed by atoms with Gasteiger partial charge in [0.15, 0.2) is 17.3 Å². The van der Waals surface area contributed by atoms with E-state index in [0.717, 1.165) is 12.8 Å². The summed E-state index contributed by atoms with van der Waals surface area (Å²) in [6.45, 7) is 5.22. The molecule has 0 saturated carbocycles. The van der Waals surface area contributed by atoms with E-state index in [1.165, 1.54) is 0 Å². The normalized spacial score (nSPS) is 10.1. The number of alkyl halides is 1. The highest BCUT2D eigenvalue weighted by molar-refractivity contribution is 9.09. The van der Waals surface area contributed by atoms with Crippen molar-refractivity contribution in [1.29, 1.82) is 0 Å². The highest BCUT2D eigenvalue weighted by Crippen LogP contribution is 2.31. The monoisotopic (exact) mass is 371 g/mol. The predicted molar refractivity (Wildman–Crippen MR) is 90.1 cm³/mol. The van der Waals surface area contributed by atoms with Gasteiger partial charge in [0.2, 0.25) is 5.91 Å². The molecule has 0 spiro atoms. The van der Waals surface area contributed by atoms with Crippen LogP contribution in [0.3, 0.4) is 0 Å².